The molecule has 0 radical (unpaired) electrons. The molecule has 2 saturated heterocycles. The van der Waals surface area contributed by atoms with Gasteiger partial charge in [0.2, 0.25) is 11.8 Å². The number of rotatable bonds is 8. The molecule has 2 heterocycles. The Bertz CT molecular complexity index is 853. The van der Waals surface area contributed by atoms with Gasteiger partial charge < -0.3 is 24.5 Å². The highest BCUT2D eigenvalue weighted by Gasteiger charge is 2.28. The SMILES string of the molecule is COC[C@@H]1CCN(CCCN2CCN(C(=O)/C=C/c3ccc(F)c(Cl)c3)CCC2=O)C[C@@H]1O. The molecule has 2 atom stereocenters. The predicted molar refractivity (Wildman–Crippen MR) is 125 cm³/mol. The van der Waals surface area contributed by atoms with Gasteiger partial charge in [-0.25, -0.2) is 4.39 Å². The van der Waals surface area contributed by atoms with Crippen LogP contribution in [0.1, 0.15) is 24.8 Å². The zero-order valence-corrected chi connectivity index (χ0v) is 19.8. The van der Waals surface area contributed by atoms with Gasteiger partial charge in [-0.2, -0.15) is 0 Å². The van der Waals surface area contributed by atoms with Gasteiger partial charge in [-0.1, -0.05) is 17.7 Å². The van der Waals surface area contributed by atoms with E-state index in [2.05, 4.69) is 4.90 Å². The molecular weight excluding hydrogens is 449 g/mol. The van der Waals surface area contributed by atoms with E-state index in [0.717, 1.165) is 25.9 Å². The molecule has 2 aliphatic rings. The van der Waals surface area contributed by atoms with Gasteiger partial charge in [0.1, 0.15) is 5.82 Å². The number of carbonyl (C=O) groups excluding carboxylic acids is 2. The number of likely N-dealkylation sites (tertiary alicyclic amines) is 1. The monoisotopic (exact) mass is 481 g/mol. The number of hydrogen-bond acceptors (Lipinski definition) is 5. The zero-order chi connectivity index (χ0) is 23.8. The topological polar surface area (TPSA) is 73.3 Å². The van der Waals surface area contributed by atoms with E-state index in [1.807, 2.05) is 4.90 Å². The highest BCUT2D eigenvalue weighted by Crippen LogP contribution is 2.19. The third-order valence-electron chi connectivity index (χ3n) is 6.35. The van der Waals surface area contributed by atoms with Gasteiger partial charge in [-0.15, -0.1) is 0 Å². The first kappa shape index (κ1) is 25.6. The lowest BCUT2D eigenvalue weighted by atomic mass is 9.94. The molecule has 2 aliphatic heterocycles. The fourth-order valence-electron chi connectivity index (χ4n) is 4.35. The molecule has 1 aromatic carbocycles. The molecule has 7 nitrogen and oxygen atoms in total. The summed E-state index contributed by atoms with van der Waals surface area (Å²) in [5.74, 6) is -0.439. The number of carbonyl (C=O) groups is 2. The van der Waals surface area contributed by atoms with Crippen LogP contribution in [0.25, 0.3) is 6.08 Å². The predicted octanol–water partition coefficient (Wildman–Crippen LogP) is 2.27. The van der Waals surface area contributed by atoms with Crippen molar-refractivity contribution in [2.75, 3.05) is 59.5 Å². The normalized spacial score (nSPS) is 22.7. The van der Waals surface area contributed by atoms with E-state index in [1.165, 1.54) is 18.2 Å². The standard InChI is InChI=1S/C24H33ClFN3O4/c1-33-17-19-7-11-27(16-22(19)30)9-2-10-28-13-14-29(12-8-24(28)32)23(31)6-4-18-3-5-21(26)20(25)15-18/h3-6,15,19,22,30H,2,7-14,16-17H2,1H3/b6-4+/t19-,22-/m0/s1. The molecule has 1 N–H and O–H groups in total. The van der Waals surface area contributed by atoms with Crippen LogP contribution in [0, 0.1) is 11.7 Å². The van der Waals surface area contributed by atoms with Crippen molar-refractivity contribution >= 4 is 29.5 Å². The first-order valence-electron chi connectivity index (χ1n) is 11.5. The Labute approximate surface area is 199 Å². The molecule has 182 valence electrons. The summed E-state index contributed by atoms with van der Waals surface area (Å²) in [6.07, 6.45) is 4.68. The number of ether oxygens (including phenoxy) is 1. The average Bonchev–Trinajstić information content (AvgIpc) is 2.98. The third kappa shape index (κ3) is 7.50. The van der Waals surface area contributed by atoms with Gasteiger partial charge >= 0.3 is 0 Å². The molecule has 3 rings (SSSR count). The molecule has 9 heteroatoms. The summed E-state index contributed by atoms with van der Waals surface area (Å²) < 4.78 is 18.4. The fraction of sp³-hybridized carbons (Fsp3) is 0.583. The van der Waals surface area contributed by atoms with Crippen molar-refractivity contribution in [2.45, 2.75) is 25.4 Å². The quantitative estimate of drug-likeness (QED) is 0.577. The number of piperidine rings is 1. The molecule has 0 aliphatic carbocycles. The average molecular weight is 482 g/mol. The maximum atomic E-state index is 13.3. The van der Waals surface area contributed by atoms with Crippen molar-refractivity contribution in [1.29, 1.82) is 0 Å². The maximum Gasteiger partial charge on any atom is 0.246 e. The van der Waals surface area contributed by atoms with Crippen LogP contribution in [0.2, 0.25) is 5.02 Å². The lowest BCUT2D eigenvalue weighted by Gasteiger charge is -2.36. The Kier molecular flexibility index (Phi) is 9.67. The molecular formula is C24H33ClFN3O4. The second kappa shape index (κ2) is 12.5. The molecule has 0 aromatic heterocycles. The van der Waals surface area contributed by atoms with E-state index in [0.29, 0.717) is 51.3 Å². The number of halogens is 2. The van der Waals surface area contributed by atoms with Gasteiger partial charge in [0.15, 0.2) is 0 Å². The van der Waals surface area contributed by atoms with Crippen LogP contribution in [0.3, 0.4) is 0 Å². The number of aliphatic hydroxyl groups is 1. The smallest absolute Gasteiger partial charge is 0.246 e. The van der Waals surface area contributed by atoms with Crippen LogP contribution >= 0.6 is 11.6 Å². The third-order valence-corrected chi connectivity index (χ3v) is 6.64. The Balaban J connectivity index is 1.43. The van der Waals surface area contributed by atoms with Crippen molar-refractivity contribution < 1.29 is 23.8 Å². The molecule has 2 amide bonds. The molecule has 1 aromatic rings. The number of β-amino-alcohol motifs (C(OH)–C–C–N with tert-alkyl or cyclic N) is 1. The number of methoxy groups -OCH3 is 1. The number of hydrogen-bond donors (Lipinski definition) is 1. The minimum Gasteiger partial charge on any atom is -0.391 e. The van der Waals surface area contributed by atoms with Gasteiger partial charge in [0, 0.05) is 58.2 Å². The number of amides is 2. The van der Waals surface area contributed by atoms with Crippen molar-refractivity contribution in [3.8, 4) is 0 Å². The Morgan fingerprint density at radius 2 is 2.09 bits per heavy atom. The van der Waals surface area contributed by atoms with E-state index in [1.54, 1.807) is 24.2 Å². The second-order valence-corrected chi connectivity index (χ2v) is 9.10. The van der Waals surface area contributed by atoms with Crippen LogP contribution in [0.5, 0.6) is 0 Å². The maximum absolute atomic E-state index is 13.3. The van der Waals surface area contributed by atoms with E-state index in [-0.39, 0.29) is 28.9 Å². The van der Waals surface area contributed by atoms with Crippen molar-refractivity contribution in [1.82, 2.24) is 14.7 Å². The Hall–Kier alpha value is -2.00. The molecule has 0 unspecified atom stereocenters. The highest BCUT2D eigenvalue weighted by molar-refractivity contribution is 6.30. The van der Waals surface area contributed by atoms with Gasteiger partial charge in [0.05, 0.1) is 17.7 Å². The summed E-state index contributed by atoms with van der Waals surface area (Å²) in [6, 6.07) is 4.28. The van der Waals surface area contributed by atoms with Crippen LogP contribution in [0.4, 0.5) is 4.39 Å². The number of benzene rings is 1. The number of nitrogens with zero attached hydrogens (tertiary/aromatic N) is 3. The van der Waals surface area contributed by atoms with Crippen LogP contribution in [0.15, 0.2) is 24.3 Å². The second-order valence-electron chi connectivity index (χ2n) is 8.69. The summed E-state index contributed by atoms with van der Waals surface area (Å²) in [7, 11) is 1.66. The fourth-order valence-corrected chi connectivity index (χ4v) is 4.54. The van der Waals surface area contributed by atoms with E-state index >= 15 is 0 Å². The zero-order valence-electron chi connectivity index (χ0n) is 19.1. The van der Waals surface area contributed by atoms with E-state index in [9.17, 15) is 19.1 Å². The van der Waals surface area contributed by atoms with Crippen LogP contribution < -0.4 is 0 Å². The highest BCUT2D eigenvalue weighted by atomic mass is 35.5. The van der Waals surface area contributed by atoms with Crippen molar-refractivity contribution in [3.05, 3.63) is 40.7 Å². The summed E-state index contributed by atoms with van der Waals surface area (Å²) in [4.78, 5) is 30.8. The lowest BCUT2D eigenvalue weighted by molar-refractivity contribution is -0.130. The van der Waals surface area contributed by atoms with E-state index in [4.69, 9.17) is 16.3 Å². The molecule has 0 bridgehead atoms. The number of aliphatic hydroxyl groups excluding tert-OH is 1. The molecule has 2 fully saturated rings. The lowest BCUT2D eigenvalue weighted by Crippen LogP contribution is -2.46. The Morgan fingerprint density at radius 1 is 1.27 bits per heavy atom. The summed E-state index contributed by atoms with van der Waals surface area (Å²) >= 11 is 5.78. The van der Waals surface area contributed by atoms with E-state index < -0.39 is 5.82 Å². The first-order chi connectivity index (χ1) is 15.9. The summed E-state index contributed by atoms with van der Waals surface area (Å²) in [6.45, 7) is 4.95. The van der Waals surface area contributed by atoms with Crippen molar-refractivity contribution in [3.63, 3.8) is 0 Å². The van der Waals surface area contributed by atoms with Gasteiger partial charge in [0.25, 0.3) is 0 Å². The molecule has 0 spiro atoms. The summed E-state index contributed by atoms with van der Waals surface area (Å²) in [5.41, 5.74) is 0.638. The summed E-state index contributed by atoms with van der Waals surface area (Å²) in [5, 5.41) is 10.3. The molecule has 33 heavy (non-hydrogen) atoms. The first-order valence-corrected chi connectivity index (χ1v) is 11.8. The van der Waals surface area contributed by atoms with Crippen molar-refractivity contribution in [2.24, 2.45) is 5.92 Å². The Morgan fingerprint density at radius 3 is 2.82 bits per heavy atom. The molecule has 0 saturated carbocycles. The minimum atomic E-state index is -0.502. The van der Waals surface area contributed by atoms with Gasteiger partial charge in [-0.05, 0) is 49.7 Å². The van der Waals surface area contributed by atoms with Crippen LogP contribution in [-0.4, -0.2) is 97.3 Å². The van der Waals surface area contributed by atoms with Gasteiger partial charge in [-0.3, -0.25) is 9.59 Å². The van der Waals surface area contributed by atoms with Crippen LogP contribution in [-0.2, 0) is 14.3 Å². The minimum absolute atomic E-state index is 0.00877. The largest absolute Gasteiger partial charge is 0.391 e.